The largest absolute Gasteiger partial charge is 0.481 e. The number of aliphatic hydroxyl groups is 2. The van der Waals surface area contributed by atoms with Crippen LogP contribution in [0.4, 0.5) is 4.39 Å². The smallest absolute Gasteiger partial charge is 0.307 e. The van der Waals surface area contributed by atoms with Crippen LogP contribution in [0.3, 0.4) is 0 Å². The molecule has 2 atom stereocenters. The van der Waals surface area contributed by atoms with Gasteiger partial charge < -0.3 is 21.1 Å². The Morgan fingerprint density at radius 2 is 1.95 bits per heavy atom. The molecule has 0 saturated heterocycles. The van der Waals surface area contributed by atoms with Crippen molar-refractivity contribution < 1.29 is 29.3 Å². The Hall–Kier alpha value is -1.99. The van der Waals surface area contributed by atoms with Crippen molar-refractivity contribution in [1.29, 1.82) is 0 Å². The highest BCUT2D eigenvalue weighted by molar-refractivity contribution is 5.74. The van der Waals surface area contributed by atoms with Crippen LogP contribution in [0.15, 0.2) is 18.2 Å². The van der Waals surface area contributed by atoms with Crippen LogP contribution in [0.1, 0.15) is 23.7 Å². The van der Waals surface area contributed by atoms with Gasteiger partial charge in [0.1, 0.15) is 11.9 Å². The maximum absolute atomic E-state index is 13.5. The molecule has 2 unspecified atom stereocenters. The predicted octanol–water partition coefficient (Wildman–Crippen LogP) is -0.278. The number of hydrogen-bond donors (Lipinski definition) is 4. The standard InChI is InChI=1S/C12H14FNO5/c13-8-2-1-6(4-11(17)18)3-7(8)12(19)9(15)5-10(14)16/h1-3,9,12,15,19H,4-5H2,(H2,14,16)(H,17,18). The molecule has 0 saturated carbocycles. The van der Waals surface area contributed by atoms with Gasteiger partial charge in [-0.2, -0.15) is 0 Å². The normalized spacial score (nSPS) is 13.8. The molecular weight excluding hydrogens is 257 g/mol. The number of carbonyl (C=O) groups is 2. The minimum Gasteiger partial charge on any atom is -0.481 e. The van der Waals surface area contributed by atoms with Crippen LogP contribution < -0.4 is 5.73 Å². The fraction of sp³-hybridized carbons (Fsp3) is 0.333. The van der Waals surface area contributed by atoms with E-state index in [1.54, 1.807) is 0 Å². The number of benzene rings is 1. The predicted molar refractivity (Wildman–Crippen MR) is 62.5 cm³/mol. The molecule has 1 aromatic rings. The van der Waals surface area contributed by atoms with E-state index in [1.807, 2.05) is 0 Å². The maximum atomic E-state index is 13.5. The molecule has 0 aliphatic rings. The maximum Gasteiger partial charge on any atom is 0.307 e. The highest BCUT2D eigenvalue weighted by atomic mass is 19.1. The number of carbonyl (C=O) groups excluding carboxylic acids is 1. The summed E-state index contributed by atoms with van der Waals surface area (Å²) in [5.41, 5.74) is 4.86. The first-order valence-electron chi connectivity index (χ1n) is 5.45. The summed E-state index contributed by atoms with van der Waals surface area (Å²) in [4.78, 5) is 21.2. The molecule has 0 aliphatic carbocycles. The number of carboxylic acids is 1. The zero-order chi connectivity index (χ0) is 14.6. The molecule has 1 amide bonds. The van der Waals surface area contributed by atoms with Gasteiger partial charge in [-0.3, -0.25) is 9.59 Å². The Bertz CT molecular complexity index is 491. The second-order valence-corrected chi connectivity index (χ2v) is 4.11. The van der Waals surface area contributed by atoms with Crippen molar-refractivity contribution >= 4 is 11.9 Å². The van der Waals surface area contributed by atoms with E-state index in [9.17, 15) is 24.2 Å². The van der Waals surface area contributed by atoms with Crippen LogP contribution >= 0.6 is 0 Å². The molecule has 0 heterocycles. The van der Waals surface area contributed by atoms with Gasteiger partial charge in [0.25, 0.3) is 0 Å². The van der Waals surface area contributed by atoms with Crippen molar-refractivity contribution in [3.63, 3.8) is 0 Å². The summed E-state index contributed by atoms with van der Waals surface area (Å²) in [6.07, 6.45) is -4.07. The van der Waals surface area contributed by atoms with Crippen LogP contribution in [0.25, 0.3) is 0 Å². The zero-order valence-electron chi connectivity index (χ0n) is 9.91. The fourth-order valence-corrected chi connectivity index (χ4v) is 1.63. The molecular formula is C12H14FNO5. The average molecular weight is 271 g/mol. The summed E-state index contributed by atoms with van der Waals surface area (Å²) in [5.74, 6) is -2.75. The number of carboxylic acid groups (broad SMARTS) is 1. The lowest BCUT2D eigenvalue weighted by Crippen LogP contribution is -2.26. The van der Waals surface area contributed by atoms with E-state index in [2.05, 4.69) is 0 Å². The van der Waals surface area contributed by atoms with Crippen LogP contribution in [-0.2, 0) is 16.0 Å². The van der Waals surface area contributed by atoms with E-state index in [1.165, 1.54) is 6.07 Å². The highest BCUT2D eigenvalue weighted by Crippen LogP contribution is 2.23. The second-order valence-electron chi connectivity index (χ2n) is 4.11. The molecule has 0 radical (unpaired) electrons. The molecule has 6 nitrogen and oxygen atoms in total. The number of nitrogens with two attached hydrogens (primary N) is 1. The van der Waals surface area contributed by atoms with Gasteiger partial charge in [0.15, 0.2) is 0 Å². The van der Waals surface area contributed by atoms with Crippen LogP contribution in [0, 0.1) is 5.82 Å². The molecule has 104 valence electrons. The van der Waals surface area contributed by atoms with Crippen molar-refractivity contribution in [3.8, 4) is 0 Å². The molecule has 1 aromatic carbocycles. The SMILES string of the molecule is NC(=O)CC(O)C(O)c1cc(CC(=O)O)ccc1F. The van der Waals surface area contributed by atoms with E-state index in [0.717, 1.165) is 12.1 Å². The van der Waals surface area contributed by atoms with Crippen LogP contribution in [0.2, 0.25) is 0 Å². The van der Waals surface area contributed by atoms with Crippen molar-refractivity contribution in [3.05, 3.63) is 35.1 Å². The Balaban J connectivity index is 2.97. The lowest BCUT2D eigenvalue weighted by molar-refractivity contribution is -0.136. The summed E-state index contributed by atoms with van der Waals surface area (Å²) in [6.45, 7) is 0. The number of hydrogen-bond acceptors (Lipinski definition) is 4. The van der Waals surface area contributed by atoms with Crippen molar-refractivity contribution in [1.82, 2.24) is 0 Å². The monoisotopic (exact) mass is 271 g/mol. The zero-order valence-corrected chi connectivity index (χ0v) is 9.91. The third-order valence-electron chi connectivity index (χ3n) is 2.51. The van der Waals surface area contributed by atoms with Crippen molar-refractivity contribution in [2.24, 2.45) is 5.73 Å². The number of halogens is 1. The molecule has 19 heavy (non-hydrogen) atoms. The summed E-state index contributed by atoms with van der Waals surface area (Å²) in [7, 11) is 0. The first-order chi connectivity index (χ1) is 8.81. The van der Waals surface area contributed by atoms with Gasteiger partial charge in [0.2, 0.25) is 5.91 Å². The average Bonchev–Trinajstić information content (AvgIpc) is 2.29. The van der Waals surface area contributed by atoms with E-state index in [4.69, 9.17) is 10.8 Å². The lowest BCUT2D eigenvalue weighted by atomic mass is 9.98. The fourth-order valence-electron chi connectivity index (χ4n) is 1.63. The quantitative estimate of drug-likeness (QED) is 0.567. The van der Waals surface area contributed by atoms with Gasteiger partial charge >= 0.3 is 5.97 Å². The Morgan fingerprint density at radius 1 is 1.32 bits per heavy atom. The van der Waals surface area contributed by atoms with Gasteiger partial charge in [-0.05, 0) is 17.7 Å². The van der Waals surface area contributed by atoms with Gasteiger partial charge in [-0.1, -0.05) is 6.07 Å². The summed E-state index contributed by atoms with van der Waals surface area (Å²) in [5, 5.41) is 27.9. The number of amides is 1. The number of aliphatic hydroxyl groups excluding tert-OH is 2. The van der Waals surface area contributed by atoms with E-state index in [-0.39, 0.29) is 17.5 Å². The first kappa shape index (κ1) is 15.1. The van der Waals surface area contributed by atoms with Gasteiger partial charge in [0, 0.05) is 5.56 Å². The number of rotatable bonds is 6. The third-order valence-corrected chi connectivity index (χ3v) is 2.51. The Kier molecular flexibility index (Phi) is 4.96. The van der Waals surface area contributed by atoms with Gasteiger partial charge in [-0.25, -0.2) is 4.39 Å². The molecule has 0 spiro atoms. The van der Waals surface area contributed by atoms with E-state index < -0.39 is 36.3 Å². The molecule has 0 fully saturated rings. The second kappa shape index (κ2) is 6.26. The molecule has 7 heteroatoms. The van der Waals surface area contributed by atoms with Crippen LogP contribution in [0.5, 0.6) is 0 Å². The molecule has 0 aliphatic heterocycles. The number of primary amides is 1. The highest BCUT2D eigenvalue weighted by Gasteiger charge is 2.23. The minimum atomic E-state index is -1.65. The third kappa shape index (κ3) is 4.31. The van der Waals surface area contributed by atoms with Gasteiger partial charge in [0.05, 0.1) is 18.9 Å². The molecule has 0 aromatic heterocycles. The van der Waals surface area contributed by atoms with Crippen molar-refractivity contribution in [2.45, 2.75) is 25.0 Å². The Labute approximate surface area is 108 Å². The number of aliphatic carboxylic acids is 1. The first-order valence-corrected chi connectivity index (χ1v) is 5.45. The Morgan fingerprint density at radius 3 is 2.47 bits per heavy atom. The van der Waals surface area contributed by atoms with Gasteiger partial charge in [-0.15, -0.1) is 0 Å². The molecule has 1 rings (SSSR count). The van der Waals surface area contributed by atoms with E-state index >= 15 is 0 Å². The summed E-state index contributed by atoms with van der Waals surface area (Å²) < 4.78 is 13.5. The molecule has 0 bridgehead atoms. The molecule has 5 N–H and O–H groups in total. The summed E-state index contributed by atoms with van der Waals surface area (Å²) >= 11 is 0. The minimum absolute atomic E-state index is 0.271. The van der Waals surface area contributed by atoms with Crippen molar-refractivity contribution in [2.75, 3.05) is 0 Å². The lowest BCUT2D eigenvalue weighted by Gasteiger charge is -2.18. The van der Waals surface area contributed by atoms with Crippen LogP contribution in [-0.4, -0.2) is 33.3 Å². The topological polar surface area (TPSA) is 121 Å². The van der Waals surface area contributed by atoms with E-state index in [0.29, 0.717) is 0 Å². The summed E-state index contributed by atoms with van der Waals surface area (Å²) in [6, 6.07) is 3.40.